The summed E-state index contributed by atoms with van der Waals surface area (Å²) in [6.45, 7) is 13.3. The minimum absolute atomic E-state index is 0.0333. The van der Waals surface area contributed by atoms with Crippen LogP contribution in [0.1, 0.15) is 99.8 Å². The van der Waals surface area contributed by atoms with Crippen molar-refractivity contribution in [1.82, 2.24) is 0 Å². The van der Waals surface area contributed by atoms with Gasteiger partial charge >= 0.3 is 0 Å². The molecule has 0 radical (unpaired) electrons. The van der Waals surface area contributed by atoms with Gasteiger partial charge in [-0.05, 0) is 91.9 Å². The van der Waals surface area contributed by atoms with E-state index in [1.54, 1.807) is 0 Å². The van der Waals surface area contributed by atoms with Gasteiger partial charge in [-0.1, -0.05) is 59.3 Å². The fraction of sp³-hybridized carbons (Fsp3) is 0.917. The SMILES string of the molecule is C[C@@H]1O[C@@H](O[C@H]2[C@H](O)[C@@H](O)[C@H](O[C@H]3CC[C@@]4(C)[C@@H](CC[C@]5(C)[C@@H]4C=CC4=C6CC(C)(C)CC[C@]6(CO)[C@H](O)C[C@]45C)[C@@]3(C)CO)O[C@@H]2CO[C@@H]2O[C@H](CO)[C@@H](O)[C@H](O)[C@H]2O)[C@H](O)[C@H](O)[C@H]1O. The molecule has 0 aromatic rings. The van der Waals surface area contributed by atoms with Crippen molar-refractivity contribution in [2.75, 3.05) is 26.4 Å². The van der Waals surface area contributed by atoms with Crippen LogP contribution in [-0.2, 0) is 28.4 Å². The van der Waals surface area contributed by atoms with Gasteiger partial charge in [0.25, 0.3) is 0 Å². The first kappa shape index (κ1) is 51.1. The Morgan fingerprint density at radius 1 is 0.652 bits per heavy atom. The molecule has 3 aliphatic heterocycles. The summed E-state index contributed by atoms with van der Waals surface area (Å²) in [6.07, 6.45) is -14.9. The Labute approximate surface area is 387 Å². The summed E-state index contributed by atoms with van der Waals surface area (Å²) in [5, 5.41) is 131. The van der Waals surface area contributed by atoms with Crippen LogP contribution < -0.4 is 0 Å². The molecule has 8 rings (SSSR count). The van der Waals surface area contributed by atoms with Crippen molar-refractivity contribution in [2.24, 2.45) is 44.3 Å². The van der Waals surface area contributed by atoms with Crippen molar-refractivity contribution < 1.29 is 89.7 Å². The van der Waals surface area contributed by atoms with E-state index in [2.05, 4.69) is 46.8 Å². The van der Waals surface area contributed by atoms with Gasteiger partial charge in [0.15, 0.2) is 18.9 Å². The number of aliphatic hydroxyl groups excluding tert-OH is 12. The zero-order chi connectivity index (χ0) is 48.3. The van der Waals surface area contributed by atoms with Crippen LogP contribution in [0.4, 0.5) is 0 Å². The van der Waals surface area contributed by atoms with E-state index in [0.29, 0.717) is 19.3 Å². The summed E-state index contributed by atoms with van der Waals surface area (Å²) >= 11 is 0. The number of ether oxygens (including phenoxy) is 6. The van der Waals surface area contributed by atoms with Gasteiger partial charge in [-0.3, -0.25) is 0 Å². The topological polar surface area (TPSA) is 298 Å². The number of hydrogen-bond acceptors (Lipinski definition) is 18. The van der Waals surface area contributed by atoms with E-state index in [4.69, 9.17) is 28.4 Å². The minimum atomic E-state index is -1.81. The molecular formula is C48H78O18. The minimum Gasteiger partial charge on any atom is -0.396 e. The highest BCUT2D eigenvalue weighted by Crippen LogP contribution is 2.74. The predicted molar refractivity (Wildman–Crippen MR) is 231 cm³/mol. The van der Waals surface area contributed by atoms with E-state index in [-0.39, 0.29) is 46.7 Å². The van der Waals surface area contributed by atoms with Crippen molar-refractivity contribution in [3.05, 3.63) is 23.3 Å². The largest absolute Gasteiger partial charge is 0.396 e. The van der Waals surface area contributed by atoms with Gasteiger partial charge in [0.1, 0.15) is 67.1 Å². The Morgan fingerprint density at radius 2 is 1.29 bits per heavy atom. The van der Waals surface area contributed by atoms with Crippen LogP contribution in [0.15, 0.2) is 23.3 Å². The Hall–Kier alpha value is -1.24. The highest BCUT2D eigenvalue weighted by Gasteiger charge is 2.69. The van der Waals surface area contributed by atoms with Crippen LogP contribution >= 0.6 is 0 Å². The average molecular weight is 943 g/mol. The van der Waals surface area contributed by atoms with E-state index in [1.165, 1.54) is 18.1 Å². The fourth-order valence-electron chi connectivity index (χ4n) is 14.4. The van der Waals surface area contributed by atoms with Gasteiger partial charge < -0.3 is 89.7 Å². The summed E-state index contributed by atoms with van der Waals surface area (Å²) in [5.41, 5.74) is -0.0774. The lowest BCUT2D eigenvalue weighted by atomic mass is 9.35. The van der Waals surface area contributed by atoms with Crippen LogP contribution in [-0.4, -0.2) is 192 Å². The summed E-state index contributed by atoms with van der Waals surface area (Å²) in [7, 11) is 0. The van der Waals surface area contributed by atoms with Crippen molar-refractivity contribution in [3.8, 4) is 0 Å². The lowest BCUT2D eigenvalue weighted by molar-refractivity contribution is -0.374. The predicted octanol–water partition coefficient (Wildman–Crippen LogP) is -0.495. The molecule has 5 aliphatic carbocycles. The second-order valence-corrected chi connectivity index (χ2v) is 23.1. The quantitative estimate of drug-likeness (QED) is 0.123. The summed E-state index contributed by atoms with van der Waals surface area (Å²) < 4.78 is 36.1. The third kappa shape index (κ3) is 7.84. The first-order valence-electron chi connectivity index (χ1n) is 24.1. The summed E-state index contributed by atoms with van der Waals surface area (Å²) in [5.74, 6) is -0.0380. The normalized spacial score (nSPS) is 54.8. The lowest BCUT2D eigenvalue weighted by Gasteiger charge is -2.70. The molecule has 0 amide bonds. The maximum atomic E-state index is 12.1. The molecule has 378 valence electrons. The Bertz CT molecular complexity index is 1810. The smallest absolute Gasteiger partial charge is 0.187 e. The van der Waals surface area contributed by atoms with Crippen LogP contribution in [0.2, 0.25) is 0 Å². The standard InChI is InChI=1S/C48H78O18/c1-22-31(53)33(55)37(59)41(62-22)66-39-26(19-61-40-36(58)34(56)32(54)25(18-49)63-40)64-42(38(60)35(39)57)65-30-11-12-44(4)27(45(30,5)20-50)10-13-46(6)28(44)9-8-23-24-16-43(2,3)14-15-48(24,21-51)29(52)17-47(23,46)7/h8-9,22,25-42,49-60H,10-21H2,1-7H3/t22-,25+,26+,27+,28+,29+,30-,31-,32+,33+,34-,35+,36+,37+,38+,39+,40+,41-,42-,44-,45+,46+,47+,48+/m0/s1. The highest BCUT2D eigenvalue weighted by atomic mass is 16.8. The monoisotopic (exact) mass is 943 g/mol. The number of aliphatic hydroxyl groups is 12. The molecule has 66 heavy (non-hydrogen) atoms. The second kappa shape index (κ2) is 18.1. The summed E-state index contributed by atoms with van der Waals surface area (Å²) in [6, 6.07) is 0. The molecule has 3 saturated heterocycles. The first-order chi connectivity index (χ1) is 30.9. The van der Waals surface area contributed by atoms with Crippen LogP contribution in [0, 0.1) is 44.3 Å². The Kier molecular flexibility index (Phi) is 14.0. The molecular weight excluding hydrogens is 865 g/mol. The van der Waals surface area contributed by atoms with Gasteiger partial charge in [0.05, 0.1) is 44.7 Å². The lowest BCUT2D eigenvalue weighted by Crippen LogP contribution is -2.67. The fourth-order valence-corrected chi connectivity index (χ4v) is 14.4. The van der Waals surface area contributed by atoms with Gasteiger partial charge in [0, 0.05) is 16.2 Å². The van der Waals surface area contributed by atoms with E-state index in [0.717, 1.165) is 32.1 Å². The molecule has 18 nitrogen and oxygen atoms in total. The molecule has 12 N–H and O–H groups in total. The molecule has 6 fully saturated rings. The molecule has 0 spiro atoms. The van der Waals surface area contributed by atoms with Gasteiger partial charge in [0.2, 0.25) is 0 Å². The van der Waals surface area contributed by atoms with Crippen LogP contribution in [0.5, 0.6) is 0 Å². The zero-order valence-electron chi connectivity index (χ0n) is 39.4. The maximum absolute atomic E-state index is 12.1. The second-order valence-electron chi connectivity index (χ2n) is 23.1. The van der Waals surface area contributed by atoms with Gasteiger partial charge in [-0.2, -0.15) is 0 Å². The van der Waals surface area contributed by atoms with E-state index in [9.17, 15) is 61.3 Å². The number of rotatable bonds is 10. The van der Waals surface area contributed by atoms with E-state index >= 15 is 0 Å². The molecule has 3 saturated carbocycles. The average Bonchev–Trinajstić information content (AvgIpc) is 3.27. The van der Waals surface area contributed by atoms with Crippen molar-refractivity contribution >= 4 is 0 Å². The van der Waals surface area contributed by atoms with Crippen molar-refractivity contribution in [2.45, 2.75) is 204 Å². The van der Waals surface area contributed by atoms with Crippen LogP contribution in [0.3, 0.4) is 0 Å². The molecule has 0 aromatic heterocycles. The molecule has 8 aliphatic rings. The number of fused-ring (bicyclic) bond motifs is 6. The number of allylic oxidation sites excluding steroid dienone is 3. The molecule has 18 heteroatoms. The van der Waals surface area contributed by atoms with E-state index < -0.39 is 128 Å². The highest BCUT2D eigenvalue weighted by molar-refractivity contribution is 5.47. The van der Waals surface area contributed by atoms with Gasteiger partial charge in [-0.15, -0.1) is 0 Å². The first-order valence-corrected chi connectivity index (χ1v) is 24.1. The van der Waals surface area contributed by atoms with Crippen LogP contribution in [0.25, 0.3) is 0 Å². The third-order valence-corrected chi connectivity index (χ3v) is 18.9. The summed E-state index contributed by atoms with van der Waals surface area (Å²) in [4.78, 5) is 0. The molecule has 0 bridgehead atoms. The molecule has 0 aromatic carbocycles. The Morgan fingerprint density at radius 3 is 1.95 bits per heavy atom. The van der Waals surface area contributed by atoms with Crippen molar-refractivity contribution in [1.29, 1.82) is 0 Å². The number of hydrogen-bond donors (Lipinski definition) is 12. The maximum Gasteiger partial charge on any atom is 0.187 e. The van der Waals surface area contributed by atoms with E-state index in [1.807, 2.05) is 6.92 Å². The molecule has 24 atom stereocenters. The van der Waals surface area contributed by atoms with Gasteiger partial charge in [-0.25, -0.2) is 0 Å². The van der Waals surface area contributed by atoms with Crippen molar-refractivity contribution in [3.63, 3.8) is 0 Å². The Balaban J connectivity index is 1.06. The molecule has 0 unspecified atom stereocenters. The molecule has 3 heterocycles. The third-order valence-electron chi connectivity index (χ3n) is 18.9. The zero-order valence-corrected chi connectivity index (χ0v) is 39.4.